The summed E-state index contributed by atoms with van der Waals surface area (Å²) in [6.45, 7) is 3.26. The van der Waals surface area contributed by atoms with E-state index >= 15 is 0 Å². The van der Waals surface area contributed by atoms with Gasteiger partial charge in [-0.25, -0.2) is 9.97 Å². The van der Waals surface area contributed by atoms with Crippen LogP contribution in [0, 0.1) is 0 Å². The topological polar surface area (TPSA) is 64.9 Å². The van der Waals surface area contributed by atoms with Crippen molar-refractivity contribution >= 4 is 17.6 Å². The maximum Gasteiger partial charge on any atom is 0.157 e. The molecule has 2 rings (SSSR count). The first kappa shape index (κ1) is 13.8. The van der Waals surface area contributed by atoms with E-state index in [4.69, 9.17) is 4.74 Å². The van der Waals surface area contributed by atoms with Gasteiger partial charge in [0.2, 0.25) is 0 Å². The zero-order valence-electron chi connectivity index (χ0n) is 11.3. The van der Waals surface area contributed by atoms with Crippen LogP contribution in [0.2, 0.25) is 0 Å². The van der Waals surface area contributed by atoms with E-state index < -0.39 is 0 Å². The van der Waals surface area contributed by atoms with E-state index in [0.717, 1.165) is 22.3 Å². The zero-order chi connectivity index (χ0) is 13.7. The summed E-state index contributed by atoms with van der Waals surface area (Å²) in [6, 6.07) is 1.93. The minimum absolute atomic E-state index is 0.403. The van der Waals surface area contributed by atoms with Crippen molar-refractivity contribution in [2.75, 3.05) is 19.0 Å². The summed E-state index contributed by atoms with van der Waals surface area (Å²) >= 11 is 1.56. The van der Waals surface area contributed by atoms with E-state index in [-0.39, 0.29) is 0 Å². The molecular weight excluding hydrogens is 262 g/mol. The summed E-state index contributed by atoms with van der Waals surface area (Å²) in [5.41, 5.74) is 0. The largest absolute Gasteiger partial charge is 0.377 e. The Balaban J connectivity index is 2.22. The van der Waals surface area contributed by atoms with Gasteiger partial charge in [0.25, 0.3) is 0 Å². The highest BCUT2D eigenvalue weighted by molar-refractivity contribution is 7.99. The molecular formula is C12H17N5OS. The molecule has 2 heterocycles. The highest BCUT2D eigenvalue weighted by Gasteiger charge is 2.07. The number of nitrogens with zero attached hydrogens (tertiary/aromatic N) is 4. The standard InChI is InChI=1S/C12H17N5OS/c1-4-13-10-5-12(16-11(15-10)8-18-3)19-9-6-14-17(2)7-9/h5-7H,4,8H2,1-3H3,(H,13,15,16). The van der Waals surface area contributed by atoms with Crippen LogP contribution in [0.15, 0.2) is 28.4 Å². The van der Waals surface area contributed by atoms with Crippen LogP contribution < -0.4 is 5.32 Å². The van der Waals surface area contributed by atoms with Gasteiger partial charge in [-0.3, -0.25) is 4.68 Å². The van der Waals surface area contributed by atoms with Gasteiger partial charge in [-0.15, -0.1) is 0 Å². The third kappa shape index (κ3) is 3.93. The van der Waals surface area contributed by atoms with Gasteiger partial charge in [0, 0.05) is 33.0 Å². The van der Waals surface area contributed by atoms with E-state index in [1.54, 1.807) is 23.6 Å². The molecule has 0 fully saturated rings. The molecule has 102 valence electrons. The summed E-state index contributed by atoms with van der Waals surface area (Å²) in [5, 5.41) is 8.22. The van der Waals surface area contributed by atoms with Crippen molar-refractivity contribution in [1.29, 1.82) is 0 Å². The lowest BCUT2D eigenvalue weighted by Crippen LogP contribution is -2.05. The van der Waals surface area contributed by atoms with Crippen molar-refractivity contribution < 1.29 is 4.74 Å². The molecule has 6 nitrogen and oxygen atoms in total. The van der Waals surface area contributed by atoms with E-state index in [1.165, 1.54) is 0 Å². The second-order valence-electron chi connectivity index (χ2n) is 3.92. The summed E-state index contributed by atoms with van der Waals surface area (Å²) in [6.07, 6.45) is 3.77. The Morgan fingerprint density at radius 2 is 2.26 bits per heavy atom. The fraction of sp³-hybridized carbons (Fsp3) is 0.417. The number of aryl methyl sites for hydroxylation is 1. The molecule has 0 saturated carbocycles. The van der Waals surface area contributed by atoms with Crippen molar-refractivity contribution in [3.05, 3.63) is 24.3 Å². The van der Waals surface area contributed by atoms with Gasteiger partial charge in [0.05, 0.1) is 11.1 Å². The molecule has 0 aliphatic carbocycles. The number of hydrogen-bond donors (Lipinski definition) is 1. The highest BCUT2D eigenvalue weighted by Crippen LogP contribution is 2.26. The van der Waals surface area contributed by atoms with Gasteiger partial charge in [0.15, 0.2) is 5.82 Å². The van der Waals surface area contributed by atoms with Gasteiger partial charge in [-0.1, -0.05) is 11.8 Å². The number of anilines is 1. The van der Waals surface area contributed by atoms with Crippen LogP contribution in [-0.4, -0.2) is 33.4 Å². The molecule has 0 aromatic carbocycles. The Morgan fingerprint density at radius 3 is 2.89 bits per heavy atom. The maximum atomic E-state index is 5.09. The first-order valence-electron chi connectivity index (χ1n) is 5.98. The summed E-state index contributed by atoms with van der Waals surface area (Å²) in [7, 11) is 3.53. The van der Waals surface area contributed by atoms with E-state index in [9.17, 15) is 0 Å². The molecule has 19 heavy (non-hydrogen) atoms. The molecule has 0 atom stereocenters. The van der Waals surface area contributed by atoms with Crippen molar-refractivity contribution in [1.82, 2.24) is 19.7 Å². The summed E-state index contributed by atoms with van der Waals surface area (Å²) < 4.78 is 6.86. The summed E-state index contributed by atoms with van der Waals surface area (Å²) in [5.74, 6) is 1.49. The third-order valence-electron chi connectivity index (χ3n) is 2.28. The molecule has 0 amide bonds. The van der Waals surface area contributed by atoms with Gasteiger partial charge in [0.1, 0.15) is 17.5 Å². The predicted octanol–water partition coefficient (Wildman–Crippen LogP) is 1.94. The number of hydrogen-bond acceptors (Lipinski definition) is 6. The molecule has 0 unspecified atom stereocenters. The molecule has 0 aliphatic heterocycles. The minimum Gasteiger partial charge on any atom is -0.377 e. The van der Waals surface area contributed by atoms with Crippen LogP contribution in [0.3, 0.4) is 0 Å². The van der Waals surface area contributed by atoms with E-state index in [2.05, 4.69) is 20.4 Å². The van der Waals surface area contributed by atoms with Crippen molar-refractivity contribution in [2.24, 2.45) is 7.05 Å². The van der Waals surface area contributed by atoms with Crippen LogP contribution >= 0.6 is 11.8 Å². The van der Waals surface area contributed by atoms with Crippen LogP contribution in [0.1, 0.15) is 12.7 Å². The first-order chi connectivity index (χ1) is 9.21. The molecule has 0 saturated heterocycles. The normalized spacial score (nSPS) is 10.7. The SMILES string of the molecule is CCNc1cc(Sc2cnn(C)c2)nc(COC)n1. The number of ether oxygens (including phenoxy) is 1. The highest BCUT2D eigenvalue weighted by atomic mass is 32.2. The Morgan fingerprint density at radius 1 is 1.42 bits per heavy atom. The number of nitrogens with one attached hydrogen (secondary N) is 1. The van der Waals surface area contributed by atoms with Gasteiger partial charge < -0.3 is 10.1 Å². The average molecular weight is 279 g/mol. The third-order valence-corrected chi connectivity index (χ3v) is 3.15. The monoisotopic (exact) mass is 279 g/mol. The zero-order valence-corrected chi connectivity index (χ0v) is 12.1. The summed E-state index contributed by atoms with van der Waals surface area (Å²) in [4.78, 5) is 9.89. The van der Waals surface area contributed by atoms with E-state index in [1.807, 2.05) is 32.4 Å². The van der Waals surface area contributed by atoms with Crippen molar-refractivity contribution in [3.63, 3.8) is 0 Å². The Labute approximate surface area is 116 Å². The molecule has 0 radical (unpaired) electrons. The predicted molar refractivity (Wildman–Crippen MR) is 74.2 cm³/mol. The molecule has 7 heteroatoms. The van der Waals surface area contributed by atoms with Gasteiger partial charge in [-0.05, 0) is 6.92 Å². The molecule has 2 aromatic rings. The first-order valence-corrected chi connectivity index (χ1v) is 6.80. The molecule has 1 N–H and O–H groups in total. The van der Waals surface area contributed by atoms with Crippen LogP contribution in [-0.2, 0) is 18.4 Å². The second kappa shape index (κ2) is 6.53. The fourth-order valence-corrected chi connectivity index (χ4v) is 2.43. The minimum atomic E-state index is 0.403. The van der Waals surface area contributed by atoms with Crippen LogP contribution in [0.4, 0.5) is 5.82 Å². The quantitative estimate of drug-likeness (QED) is 0.815. The number of aromatic nitrogens is 4. The molecule has 0 bridgehead atoms. The lowest BCUT2D eigenvalue weighted by Gasteiger charge is -2.07. The number of methoxy groups -OCH3 is 1. The van der Waals surface area contributed by atoms with Crippen molar-refractivity contribution in [3.8, 4) is 0 Å². The van der Waals surface area contributed by atoms with Gasteiger partial charge >= 0.3 is 0 Å². The molecule has 0 aliphatic rings. The Kier molecular flexibility index (Phi) is 4.75. The smallest absolute Gasteiger partial charge is 0.157 e. The van der Waals surface area contributed by atoms with Gasteiger partial charge in [-0.2, -0.15) is 5.10 Å². The molecule has 0 spiro atoms. The Bertz CT molecular complexity index is 518. The average Bonchev–Trinajstić information content (AvgIpc) is 2.75. The van der Waals surface area contributed by atoms with Crippen LogP contribution in [0.25, 0.3) is 0 Å². The number of rotatable bonds is 6. The lowest BCUT2D eigenvalue weighted by atomic mass is 10.5. The maximum absolute atomic E-state index is 5.09. The van der Waals surface area contributed by atoms with Crippen LogP contribution in [0.5, 0.6) is 0 Å². The second-order valence-corrected chi connectivity index (χ2v) is 5.02. The van der Waals surface area contributed by atoms with Crippen molar-refractivity contribution in [2.45, 2.75) is 23.5 Å². The Hall–Kier alpha value is -1.60. The van der Waals surface area contributed by atoms with E-state index in [0.29, 0.717) is 12.4 Å². The fourth-order valence-electron chi connectivity index (χ4n) is 1.56. The molecule has 2 aromatic heterocycles. The lowest BCUT2D eigenvalue weighted by molar-refractivity contribution is 0.177.